The fraction of sp³-hybridized carbons (Fsp3) is 0.282. The summed E-state index contributed by atoms with van der Waals surface area (Å²) >= 11 is 0. The number of nitrogens with one attached hydrogen (secondary N) is 1. The van der Waals surface area contributed by atoms with E-state index in [9.17, 15) is 26.3 Å². The third kappa shape index (κ3) is 9.83. The van der Waals surface area contributed by atoms with Crippen molar-refractivity contribution in [2.75, 3.05) is 0 Å². The SMILES string of the molecule is C#CC.C=C(C)c1ncnc(C2=CCC(C3(N)CCC3)C=C2)c(-c2ccccc2)c[nH]c1-c1cc(C(F)(F)F)cc(C(F)(F)F)c1.C=CC. The van der Waals surface area contributed by atoms with Crippen LogP contribution in [0.4, 0.5) is 26.3 Å². The average Bonchev–Trinajstić information content (AvgIpc) is 3.13. The predicted molar refractivity (Wildman–Crippen MR) is 186 cm³/mol. The smallest absolute Gasteiger partial charge is 0.359 e. The molecule has 4 nitrogen and oxygen atoms in total. The van der Waals surface area contributed by atoms with E-state index in [0.717, 1.165) is 30.4 Å². The largest absolute Gasteiger partial charge is 0.416 e. The van der Waals surface area contributed by atoms with E-state index < -0.39 is 23.5 Å². The molecule has 10 heteroatoms. The molecule has 49 heavy (non-hydrogen) atoms. The zero-order valence-electron chi connectivity index (χ0n) is 27.7. The number of alkyl halides is 6. The Kier molecular flexibility index (Phi) is 13.0. The second kappa shape index (κ2) is 16.5. The summed E-state index contributed by atoms with van der Waals surface area (Å²) in [4.78, 5) is 12.0. The van der Waals surface area contributed by atoms with Gasteiger partial charge < -0.3 is 10.7 Å². The highest BCUT2D eigenvalue weighted by Crippen LogP contribution is 2.42. The van der Waals surface area contributed by atoms with Gasteiger partial charge in [0, 0.05) is 22.9 Å². The molecule has 0 aliphatic heterocycles. The van der Waals surface area contributed by atoms with E-state index in [0.29, 0.717) is 35.4 Å². The number of hydrogen-bond acceptors (Lipinski definition) is 3. The van der Waals surface area contributed by atoms with Gasteiger partial charge in [0.2, 0.25) is 0 Å². The second-order valence-electron chi connectivity index (χ2n) is 11.7. The van der Waals surface area contributed by atoms with Gasteiger partial charge in [-0.2, -0.15) is 26.3 Å². The molecule has 3 N–H and O–H groups in total. The Morgan fingerprint density at radius 2 is 1.59 bits per heavy atom. The lowest BCUT2D eigenvalue weighted by atomic mass is 9.66. The fourth-order valence-electron chi connectivity index (χ4n) is 5.45. The van der Waals surface area contributed by atoms with Crippen LogP contribution in [-0.4, -0.2) is 20.5 Å². The van der Waals surface area contributed by atoms with Crippen LogP contribution in [0.25, 0.3) is 33.5 Å². The predicted octanol–water partition coefficient (Wildman–Crippen LogP) is 11.0. The van der Waals surface area contributed by atoms with Crippen molar-refractivity contribution in [1.29, 1.82) is 0 Å². The number of terminal acetylenes is 1. The Labute approximate surface area is 283 Å². The van der Waals surface area contributed by atoms with E-state index in [-0.39, 0.29) is 34.5 Å². The van der Waals surface area contributed by atoms with E-state index in [1.165, 1.54) is 12.5 Å². The number of nitrogens with zero attached hydrogens (tertiary/aromatic N) is 2. The number of hydrogen-bond donors (Lipinski definition) is 2. The summed E-state index contributed by atoms with van der Waals surface area (Å²) in [7, 11) is 0. The van der Waals surface area contributed by atoms with Crippen LogP contribution in [0, 0.1) is 18.3 Å². The molecule has 0 amide bonds. The highest BCUT2D eigenvalue weighted by Gasteiger charge is 2.39. The van der Waals surface area contributed by atoms with Crippen molar-refractivity contribution < 1.29 is 26.3 Å². The molecule has 5 rings (SSSR count). The van der Waals surface area contributed by atoms with Crippen LogP contribution >= 0.6 is 0 Å². The van der Waals surface area contributed by atoms with Gasteiger partial charge in [0.1, 0.15) is 6.33 Å². The summed E-state index contributed by atoms with van der Waals surface area (Å²) in [6.07, 6.45) is 8.93. The molecule has 2 aromatic carbocycles. The second-order valence-corrected chi connectivity index (χ2v) is 11.7. The van der Waals surface area contributed by atoms with Gasteiger partial charge in [-0.15, -0.1) is 18.9 Å². The molecule has 0 saturated heterocycles. The molecule has 2 aliphatic carbocycles. The first-order valence-electron chi connectivity index (χ1n) is 15.5. The molecule has 0 radical (unpaired) electrons. The summed E-state index contributed by atoms with van der Waals surface area (Å²) < 4.78 is 82.4. The molecular formula is C39H40F6N4. The molecule has 1 aromatic heterocycles. The Bertz CT molecular complexity index is 1750. The lowest BCUT2D eigenvalue weighted by Crippen LogP contribution is -2.52. The van der Waals surface area contributed by atoms with E-state index in [1.54, 1.807) is 19.9 Å². The van der Waals surface area contributed by atoms with E-state index in [2.05, 4.69) is 52.6 Å². The molecule has 1 fully saturated rings. The summed E-state index contributed by atoms with van der Waals surface area (Å²) in [5, 5.41) is 0. The normalized spacial score (nSPS) is 16.2. The Morgan fingerprint density at radius 1 is 1.02 bits per heavy atom. The maximum atomic E-state index is 13.7. The van der Waals surface area contributed by atoms with Crippen molar-refractivity contribution in [3.8, 4) is 34.7 Å². The van der Waals surface area contributed by atoms with E-state index in [1.807, 2.05) is 43.3 Å². The van der Waals surface area contributed by atoms with Crippen LogP contribution < -0.4 is 5.73 Å². The van der Waals surface area contributed by atoms with Crippen LogP contribution in [0.1, 0.15) is 69.0 Å². The molecule has 1 heterocycles. The van der Waals surface area contributed by atoms with Crippen LogP contribution in [-0.2, 0) is 12.4 Å². The Morgan fingerprint density at radius 3 is 2.04 bits per heavy atom. The zero-order valence-corrected chi connectivity index (χ0v) is 27.7. The number of rotatable bonds is 5. The van der Waals surface area contributed by atoms with Gasteiger partial charge in [0.15, 0.2) is 0 Å². The number of halogens is 6. The molecule has 0 bridgehead atoms. The van der Waals surface area contributed by atoms with Gasteiger partial charge in [-0.25, -0.2) is 9.97 Å². The molecule has 0 spiro atoms. The monoisotopic (exact) mass is 678 g/mol. The molecule has 258 valence electrons. The first-order chi connectivity index (χ1) is 23.1. The topological polar surface area (TPSA) is 67.6 Å². The fourth-order valence-corrected chi connectivity index (χ4v) is 5.45. The van der Waals surface area contributed by atoms with E-state index in [4.69, 9.17) is 5.73 Å². The number of nitrogens with two attached hydrogens (primary N) is 1. The van der Waals surface area contributed by atoms with Gasteiger partial charge in [0.05, 0.1) is 28.2 Å². The maximum Gasteiger partial charge on any atom is 0.416 e. The number of aromatic amines is 1. The van der Waals surface area contributed by atoms with Crippen LogP contribution in [0.3, 0.4) is 0 Å². The first-order valence-corrected chi connectivity index (χ1v) is 15.5. The number of benzene rings is 2. The summed E-state index contributed by atoms with van der Waals surface area (Å²) in [5.41, 5.74) is 6.03. The van der Waals surface area contributed by atoms with Crippen LogP contribution in [0.15, 0.2) is 98.5 Å². The third-order valence-corrected chi connectivity index (χ3v) is 7.99. The summed E-state index contributed by atoms with van der Waals surface area (Å²) in [5.74, 6) is 2.44. The van der Waals surface area contributed by atoms with Crippen LogP contribution in [0.5, 0.6) is 0 Å². The lowest BCUT2D eigenvalue weighted by molar-refractivity contribution is -0.143. The summed E-state index contributed by atoms with van der Waals surface area (Å²) in [6.45, 7) is 12.3. The highest BCUT2D eigenvalue weighted by molar-refractivity contribution is 5.84. The van der Waals surface area contributed by atoms with Crippen molar-refractivity contribution in [1.82, 2.24) is 15.0 Å². The number of aromatic nitrogens is 3. The molecule has 2 aliphatic rings. The highest BCUT2D eigenvalue weighted by atomic mass is 19.4. The van der Waals surface area contributed by atoms with Gasteiger partial charge in [-0.3, -0.25) is 0 Å². The number of allylic oxidation sites excluding steroid dienone is 5. The zero-order chi connectivity index (χ0) is 36.4. The average molecular weight is 679 g/mol. The summed E-state index contributed by atoms with van der Waals surface area (Å²) in [6, 6.07) is 10.6. The molecule has 3 aromatic rings. The van der Waals surface area contributed by atoms with Crippen molar-refractivity contribution in [2.45, 2.75) is 64.3 Å². The Hall–Kier alpha value is -4.88. The quantitative estimate of drug-likeness (QED) is 0.160. The van der Waals surface area contributed by atoms with Gasteiger partial charge >= 0.3 is 12.4 Å². The minimum absolute atomic E-state index is 0.0596. The van der Waals surface area contributed by atoms with Crippen molar-refractivity contribution in [3.05, 3.63) is 121 Å². The minimum Gasteiger partial charge on any atom is -0.359 e. The standard InChI is InChI=1S/C33H30F6N4.C3H6.C3H4/c1-20(2)28-30(23-15-25(32(34,35)36)17-26(16-23)33(37,38)39)41-18-27(21-7-4-3-5-8-21)29(43-19-42-28)22-9-11-24(12-10-22)31(40)13-6-14-31;2*1-3-2/h3-5,7-11,15-19,24,41H,1,6,12-14,40H2,2H3;3H,1H2,2H3;1H,2H3. The van der Waals surface area contributed by atoms with E-state index >= 15 is 0 Å². The van der Waals surface area contributed by atoms with Crippen LogP contribution in [0.2, 0.25) is 0 Å². The van der Waals surface area contributed by atoms with Gasteiger partial charge in [-0.1, -0.05) is 61.2 Å². The van der Waals surface area contributed by atoms with Crippen molar-refractivity contribution in [3.63, 3.8) is 0 Å². The molecule has 1 unspecified atom stereocenters. The Balaban J connectivity index is 0.00000101. The van der Waals surface area contributed by atoms with Crippen molar-refractivity contribution in [2.24, 2.45) is 11.7 Å². The minimum atomic E-state index is -5.01. The molecular weight excluding hydrogens is 638 g/mol. The lowest BCUT2D eigenvalue weighted by Gasteiger charge is -2.44. The molecule has 1 saturated carbocycles. The third-order valence-electron chi connectivity index (χ3n) is 7.99. The van der Waals surface area contributed by atoms with Crippen molar-refractivity contribution >= 4 is 11.1 Å². The first kappa shape index (κ1) is 38.6. The maximum absolute atomic E-state index is 13.7. The molecule has 1 atom stereocenters. The van der Waals surface area contributed by atoms with Gasteiger partial charge in [-0.05, 0) is 87.3 Å². The van der Waals surface area contributed by atoms with Gasteiger partial charge in [0.25, 0.3) is 0 Å². The number of H-pyrrole nitrogens is 1.